The molecule has 0 heterocycles. The number of methoxy groups -OCH3 is 2. The van der Waals surface area contributed by atoms with E-state index in [-0.39, 0.29) is 28.6 Å². The van der Waals surface area contributed by atoms with E-state index < -0.39 is 14.9 Å². The highest BCUT2D eigenvalue weighted by molar-refractivity contribution is 7.92. The fourth-order valence-corrected chi connectivity index (χ4v) is 3.77. The molecule has 2 aromatic carbocycles. The van der Waals surface area contributed by atoms with Gasteiger partial charge in [-0.1, -0.05) is 12.1 Å². The molecule has 0 saturated heterocycles. The Kier molecular flexibility index (Phi) is 5.83. The molecule has 0 radical (unpaired) electrons. The van der Waals surface area contributed by atoms with Gasteiger partial charge in [0.15, 0.2) is 11.5 Å². The molecular weight excluding hydrogens is 360 g/mol. The van der Waals surface area contributed by atoms with Crippen molar-refractivity contribution in [3.8, 4) is 11.5 Å². The first-order valence-corrected chi connectivity index (χ1v) is 8.89. The fraction of sp³-hybridized carbons (Fsp3) is 0.176. The number of nitrogens with zero attached hydrogens (tertiary/aromatic N) is 2. The van der Waals surface area contributed by atoms with Crippen LogP contribution in [0.25, 0.3) is 0 Å². The number of nitro benzene ring substituents is 1. The van der Waals surface area contributed by atoms with Crippen molar-refractivity contribution in [2.45, 2.75) is 4.90 Å². The second-order valence-corrected chi connectivity index (χ2v) is 6.98. The molecular formula is C17H18N2O6S. The van der Waals surface area contributed by atoms with Crippen LogP contribution in [0.2, 0.25) is 0 Å². The van der Waals surface area contributed by atoms with E-state index in [1.807, 2.05) is 0 Å². The number of anilines is 1. The number of nitro groups is 1. The highest BCUT2D eigenvalue weighted by Crippen LogP contribution is 2.32. The van der Waals surface area contributed by atoms with Crippen molar-refractivity contribution in [2.75, 3.05) is 25.1 Å². The van der Waals surface area contributed by atoms with Gasteiger partial charge < -0.3 is 9.47 Å². The average molecular weight is 378 g/mol. The van der Waals surface area contributed by atoms with Crippen molar-refractivity contribution in [2.24, 2.45) is 0 Å². The number of sulfonamides is 1. The van der Waals surface area contributed by atoms with Gasteiger partial charge in [0.05, 0.1) is 36.3 Å². The first-order valence-electron chi connectivity index (χ1n) is 7.45. The zero-order chi connectivity index (χ0) is 19.3. The maximum Gasteiger partial charge on any atom is 0.271 e. The van der Waals surface area contributed by atoms with Gasteiger partial charge in [-0.2, -0.15) is 0 Å². The van der Waals surface area contributed by atoms with Gasteiger partial charge in [0.25, 0.3) is 15.7 Å². The molecule has 0 saturated carbocycles. The Bertz CT molecular complexity index is 927. The molecule has 9 heteroatoms. The zero-order valence-electron chi connectivity index (χ0n) is 14.3. The SMILES string of the molecule is C=CCN(c1cccc([N+](=O)[O-])c1)S(=O)(=O)c1ccc(OC)c(OC)c1. The normalized spacial score (nSPS) is 10.8. The lowest BCUT2D eigenvalue weighted by Crippen LogP contribution is -2.31. The molecule has 0 unspecified atom stereocenters. The Hall–Kier alpha value is -3.07. The second kappa shape index (κ2) is 7.87. The molecule has 26 heavy (non-hydrogen) atoms. The molecule has 2 rings (SSSR count). The van der Waals surface area contributed by atoms with E-state index in [4.69, 9.17) is 9.47 Å². The molecule has 0 N–H and O–H groups in total. The molecule has 2 aromatic rings. The Morgan fingerprint density at radius 1 is 1.15 bits per heavy atom. The van der Waals surface area contributed by atoms with Crippen molar-refractivity contribution in [3.63, 3.8) is 0 Å². The van der Waals surface area contributed by atoms with E-state index in [0.29, 0.717) is 5.75 Å². The lowest BCUT2D eigenvalue weighted by atomic mass is 10.3. The lowest BCUT2D eigenvalue weighted by Gasteiger charge is -2.23. The Morgan fingerprint density at radius 3 is 2.42 bits per heavy atom. The van der Waals surface area contributed by atoms with Crippen molar-refractivity contribution in [3.05, 3.63) is 65.2 Å². The van der Waals surface area contributed by atoms with E-state index in [2.05, 4.69) is 6.58 Å². The van der Waals surface area contributed by atoms with Crippen LogP contribution in [0.1, 0.15) is 0 Å². The number of hydrogen-bond donors (Lipinski definition) is 0. The standard InChI is InChI=1S/C17H18N2O6S/c1-4-10-18(13-6-5-7-14(11-13)19(20)21)26(22,23)15-8-9-16(24-2)17(12-15)25-3/h4-9,11-12H,1,10H2,2-3H3. The molecule has 0 aliphatic heterocycles. The van der Waals surface area contributed by atoms with Gasteiger partial charge in [-0.25, -0.2) is 8.42 Å². The van der Waals surface area contributed by atoms with Gasteiger partial charge in [0.2, 0.25) is 0 Å². The maximum atomic E-state index is 13.1. The smallest absolute Gasteiger partial charge is 0.271 e. The number of non-ortho nitro benzene ring substituents is 1. The monoisotopic (exact) mass is 378 g/mol. The summed E-state index contributed by atoms with van der Waals surface area (Å²) in [5.74, 6) is 0.642. The summed E-state index contributed by atoms with van der Waals surface area (Å²) in [6.07, 6.45) is 1.40. The first kappa shape index (κ1) is 19.3. The third-order valence-corrected chi connectivity index (χ3v) is 5.36. The Balaban J connectivity index is 2.57. The molecule has 0 aromatic heterocycles. The van der Waals surface area contributed by atoms with E-state index >= 15 is 0 Å². The van der Waals surface area contributed by atoms with Crippen molar-refractivity contribution < 1.29 is 22.8 Å². The maximum absolute atomic E-state index is 13.1. The summed E-state index contributed by atoms with van der Waals surface area (Å²) in [5, 5.41) is 11.0. The highest BCUT2D eigenvalue weighted by Gasteiger charge is 2.26. The van der Waals surface area contributed by atoms with Crippen LogP contribution in [0.3, 0.4) is 0 Å². The third kappa shape index (κ3) is 3.77. The molecule has 138 valence electrons. The molecule has 0 aliphatic carbocycles. The molecule has 0 aliphatic rings. The first-order chi connectivity index (χ1) is 12.3. The molecule has 8 nitrogen and oxygen atoms in total. The van der Waals surface area contributed by atoms with Crippen molar-refractivity contribution >= 4 is 21.4 Å². The van der Waals surface area contributed by atoms with Gasteiger partial charge in [0, 0.05) is 18.2 Å². The summed E-state index contributed by atoms with van der Waals surface area (Å²) in [4.78, 5) is 10.4. The fourth-order valence-electron chi connectivity index (χ4n) is 2.33. The Morgan fingerprint density at radius 2 is 1.85 bits per heavy atom. The predicted octanol–water partition coefficient (Wildman–Crippen LogP) is 2.99. The summed E-state index contributed by atoms with van der Waals surface area (Å²) < 4.78 is 37.5. The highest BCUT2D eigenvalue weighted by atomic mass is 32.2. The van der Waals surface area contributed by atoms with Gasteiger partial charge in [-0.15, -0.1) is 6.58 Å². The topological polar surface area (TPSA) is 99.0 Å². The van der Waals surface area contributed by atoms with Crippen LogP contribution >= 0.6 is 0 Å². The predicted molar refractivity (Wildman–Crippen MR) is 97.4 cm³/mol. The van der Waals surface area contributed by atoms with Gasteiger partial charge in [-0.05, 0) is 18.2 Å². The minimum absolute atomic E-state index is 0.0384. The van der Waals surface area contributed by atoms with Crippen LogP contribution in [0, 0.1) is 10.1 Å². The number of rotatable bonds is 8. The van der Waals surface area contributed by atoms with E-state index in [1.165, 1.54) is 62.8 Å². The Labute approximate surface area is 151 Å². The van der Waals surface area contributed by atoms with Crippen LogP contribution < -0.4 is 13.8 Å². The van der Waals surface area contributed by atoms with E-state index in [9.17, 15) is 18.5 Å². The minimum Gasteiger partial charge on any atom is -0.493 e. The van der Waals surface area contributed by atoms with Gasteiger partial charge in [-0.3, -0.25) is 14.4 Å². The third-order valence-electron chi connectivity index (χ3n) is 3.57. The van der Waals surface area contributed by atoms with E-state index in [0.717, 1.165) is 4.31 Å². The summed E-state index contributed by atoms with van der Waals surface area (Å²) in [6, 6.07) is 9.58. The van der Waals surface area contributed by atoms with Crippen LogP contribution in [0.5, 0.6) is 11.5 Å². The summed E-state index contributed by atoms with van der Waals surface area (Å²) in [7, 11) is -1.17. The summed E-state index contributed by atoms with van der Waals surface area (Å²) in [6.45, 7) is 3.51. The van der Waals surface area contributed by atoms with Gasteiger partial charge in [0.1, 0.15) is 0 Å². The van der Waals surface area contributed by atoms with Crippen molar-refractivity contribution in [1.29, 1.82) is 0 Å². The van der Waals surface area contributed by atoms with Crippen LogP contribution in [-0.2, 0) is 10.0 Å². The second-order valence-electron chi connectivity index (χ2n) is 5.12. The summed E-state index contributed by atoms with van der Waals surface area (Å²) >= 11 is 0. The lowest BCUT2D eigenvalue weighted by molar-refractivity contribution is -0.384. The zero-order valence-corrected chi connectivity index (χ0v) is 15.1. The van der Waals surface area contributed by atoms with E-state index in [1.54, 1.807) is 0 Å². The quantitative estimate of drug-likeness (QED) is 0.398. The number of ether oxygens (including phenoxy) is 2. The molecule has 0 amide bonds. The minimum atomic E-state index is -4.01. The number of hydrogen-bond acceptors (Lipinski definition) is 6. The van der Waals surface area contributed by atoms with Crippen LogP contribution in [0.15, 0.2) is 60.0 Å². The average Bonchev–Trinajstić information content (AvgIpc) is 2.65. The van der Waals surface area contributed by atoms with Crippen molar-refractivity contribution in [1.82, 2.24) is 0 Å². The molecule has 0 fully saturated rings. The largest absolute Gasteiger partial charge is 0.493 e. The number of benzene rings is 2. The molecule has 0 atom stereocenters. The van der Waals surface area contributed by atoms with Crippen LogP contribution in [-0.4, -0.2) is 34.1 Å². The summed E-state index contributed by atoms with van der Waals surface area (Å²) in [5.41, 5.74) is -0.0482. The van der Waals surface area contributed by atoms with Gasteiger partial charge >= 0.3 is 0 Å². The molecule has 0 bridgehead atoms. The van der Waals surface area contributed by atoms with Crippen LogP contribution in [0.4, 0.5) is 11.4 Å². The molecule has 0 spiro atoms.